The lowest BCUT2D eigenvalue weighted by atomic mass is 9.99. The number of nitriles is 1. The first-order valence-electron chi connectivity index (χ1n) is 9.66. The minimum atomic E-state index is 0.145. The number of carbonyl (C=O) groups excluding carboxylic acids is 1. The molecule has 28 heavy (non-hydrogen) atoms. The van der Waals surface area contributed by atoms with Crippen LogP contribution in [-0.2, 0) is 11.3 Å². The van der Waals surface area contributed by atoms with Gasteiger partial charge in [0.05, 0.1) is 18.2 Å². The molecule has 3 rings (SSSR count). The van der Waals surface area contributed by atoms with Crippen LogP contribution in [0.2, 0.25) is 0 Å². The fraction of sp³-hybridized carbons (Fsp3) is 0.200. The van der Waals surface area contributed by atoms with Gasteiger partial charge in [0.15, 0.2) is 0 Å². The molecule has 0 spiro atoms. The van der Waals surface area contributed by atoms with E-state index >= 15 is 0 Å². The Morgan fingerprint density at radius 3 is 2.29 bits per heavy atom. The number of carbonyl (C=O) groups is 1. The molecule has 0 fully saturated rings. The summed E-state index contributed by atoms with van der Waals surface area (Å²) in [5.74, 6) is 0.145. The summed E-state index contributed by atoms with van der Waals surface area (Å²) in [6.45, 7) is 2.63. The first-order valence-corrected chi connectivity index (χ1v) is 9.66. The zero-order valence-corrected chi connectivity index (χ0v) is 16.1. The molecule has 140 valence electrons. The van der Waals surface area contributed by atoms with E-state index in [0.29, 0.717) is 18.5 Å². The summed E-state index contributed by atoms with van der Waals surface area (Å²) in [6.07, 6.45) is 2.45. The van der Waals surface area contributed by atoms with Crippen molar-refractivity contribution < 1.29 is 4.79 Å². The standard InChI is InChI=1S/C25H24N2O/c1-2-3-13-25(28)27(23-10-5-4-6-11-23)19-20-14-16-21(17-15-20)24-12-8-7-9-22(24)18-26/h4-12,14-17H,2-3,13,19H2,1H3. The fourth-order valence-corrected chi connectivity index (χ4v) is 3.20. The van der Waals surface area contributed by atoms with E-state index in [2.05, 4.69) is 13.0 Å². The summed E-state index contributed by atoms with van der Waals surface area (Å²) in [6, 6.07) is 27.8. The molecule has 0 heterocycles. The largest absolute Gasteiger partial charge is 0.308 e. The van der Waals surface area contributed by atoms with Crippen LogP contribution in [0.5, 0.6) is 0 Å². The van der Waals surface area contributed by atoms with Crippen LogP contribution in [0.4, 0.5) is 5.69 Å². The van der Waals surface area contributed by atoms with E-state index in [1.165, 1.54) is 0 Å². The number of hydrogen-bond acceptors (Lipinski definition) is 2. The zero-order chi connectivity index (χ0) is 19.8. The monoisotopic (exact) mass is 368 g/mol. The van der Waals surface area contributed by atoms with Crippen LogP contribution in [0.15, 0.2) is 78.9 Å². The van der Waals surface area contributed by atoms with E-state index in [4.69, 9.17) is 0 Å². The van der Waals surface area contributed by atoms with E-state index in [-0.39, 0.29) is 5.91 Å². The number of benzene rings is 3. The predicted octanol–water partition coefficient (Wildman–Crippen LogP) is 5.95. The van der Waals surface area contributed by atoms with Gasteiger partial charge < -0.3 is 4.90 Å². The van der Waals surface area contributed by atoms with Gasteiger partial charge in [-0.2, -0.15) is 5.26 Å². The van der Waals surface area contributed by atoms with Crippen LogP contribution in [-0.4, -0.2) is 5.91 Å². The molecule has 0 saturated carbocycles. The van der Waals surface area contributed by atoms with Crippen molar-refractivity contribution in [3.63, 3.8) is 0 Å². The summed E-state index contributed by atoms with van der Waals surface area (Å²) in [7, 11) is 0. The number of nitrogens with zero attached hydrogens (tertiary/aromatic N) is 2. The number of amides is 1. The summed E-state index contributed by atoms with van der Waals surface area (Å²) in [5.41, 5.74) is 4.57. The lowest BCUT2D eigenvalue weighted by molar-refractivity contribution is -0.118. The second kappa shape index (κ2) is 9.53. The maximum absolute atomic E-state index is 12.8. The summed E-state index contributed by atoms with van der Waals surface area (Å²) in [4.78, 5) is 14.6. The highest BCUT2D eigenvalue weighted by Crippen LogP contribution is 2.25. The number of unbranched alkanes of at least 4 members (excludes halogenated alkanes) is 1. The van der Waals surface area contributed by atoms with Gasteiger partial charge in [-0.05, 0) is 41.3 Å². The third-order valence-corrected chi connectivity index (χ3v) is 4.77. The number of rotatable bonds is 7. The molecule has 0 N–H and O–H groups in total. The molecule has 0 aliphatic rings. The number of anilines is 1. The SMILES string of the molecule is CCCCC(=O)N(Cc1ccc(-c2ccccc2C#N)cc1)c1ccccc1. The molecule has 3 aromatic rings. The average molecular weight is 368 g/mol. The van der Waals surface area contributed by atoms with Gasteiger partial charge in [0, 0.05) is 12.1 Å². The lowest BCUT2D eigenvalue weighted by Gasteiger charge is -2.23. The van der Waals surface area contributed by atoms with Crippen LogP contribution < -0.4 is 4.90 Å². The average Bonchev–Trinajstić information content (AvgIpc) is 2.76. The van der Waals surface area contributed by atoms with Gasteiger partial charge in [-0.1, -0.05) is 74.0 Å². The normalized spacial score (nSPS) is 10.3. The Morgan fingerprint density at radius 2 is 1.61 bits per heavy atom. The Bertz CT molecular complexity index is 956. The highest BCUT2D eigenvalue weighted by atomic mass is 16.2. The molecular formula is C25H24N2O. The fourth-order valence-electron chi connectivity index (χ4n) is 3.20. The molecule has 3 heteroatoms. The van der Waals surface area contributed by atoms with Gasteiger partial charge in [0.1, 0.15) is 0 Å². The molecule has 0 saturated heterocycles. The van der Waals surface area contributed by atoms with E-state index in [1.807, 2.05) is 83.8 Å². The zero-order valence-electron chi connectivity index (χ0n) is 16.1. The smallest absolute Gasteiger partial charge is 0.227 e. The first kappa shape index (κ1) is 19.4. The predicted molar refractivity (Wildman–Crippen MR) is 114 cm³/mol. The number of para-hydroxylation sites is 1. The van der Waals surface area contributed by atoms with Crippen molar-refractivity contribution in [2.45, 2.75) is 32.7 Å². The van der Waals surface area contributed by atoms with E-state index in [0.717, 1.165) is 35.2 Å². The highest BCUT2D eigenvalue weighted by Gasteiger charge is 2.15. The van der Waals surface area contributed by atoms with E-state index < -0.39 is 0 Å². The van der Waals surface area contributed by atoms with Gasteiger partial charge in [0.2, 0.25) is 5.91 Å². The highest BCUT2D eigenvalue weighted by molar-refractivity contribution is 5.93. The molecule has 3 nitrogen and oxygen atoms in total. The molecule has 0 radical (unpaired) electrons. The summed E-state index contributed by atoms with van der Waals surface area (Å²) >= 11 is 0. The molecule has 3 aromatic carbocycles. The van der Waals surface area contributed by atoms with Crippen molar-refractivity contribution in [3.8, 4) is 17.2 Å². The van der Waals surface area contributed by atoms with Crippen molar-refractivity contribution in [2.24, 2.45) is 0 Å². The molecule has 0 aliphatic carbocycles. The quantitative estimate of drug-likeness (QED) is 0.517. The summed E-state index contributed by atoms with van der Waals surface area (Å²) in [5, 5.41) is 9.32. The number of hydrogen-bond donors (Lipinski definition) is 0. The Hall–Kier alpha value is -3.38. The van der Waals surface area contributed by atoms with Gasteiger partial charge in [-0.3, -0.25) is 4.79 Å². The minimum absolute atomic E-state index is 0.145. The maximum atomic E-state index is 12.8. The van der Waals surface area contributed by atoms with Crippen molar-refractivity contribution in [1.29, 1.82) is 5.26 Å². The van der Waals surface area contributed by atoms with Crippen molar-refractivity contribution in [1.82, 2.24) is 0 Å². The first-order chi connectivity index (χ1) is 13.7. The molecule has 0 bridgehead atoms. The second-order valence-electron chi connectivity index (χ2n) is 6.77. The van der Waals surface area contributed by atoms with Crippen LogP contribution in [0.3, 0.4) is 0 Å². The van der Waals surface area contributed by atoms with E-state index in [9.17, 15) is 10.1 Å². The lowest BCUT2D eigenvalue weighted by Crippen LogP contribution is -2.30. The molecule has 0 unspecified atom stereocenters. The van der Waals surface area contributed by atoms with Crippen LogP contribution >= 0.6 is 0 Å². The molecule has 0 aromatic heterocycles. The van der Waals surface area contributed by atoms with Crippen LogP contribution in [0.1, 0.15) is 37.3 Å². The third-order valence-electron chi connectivity index (χ3n) is 4.77. The van der Waals surface area contributed by atoms with Crippen molar-refractivity contribution in [2.75, 3.05) is 4.90 Å². The van der Waals surface area contributed by atoms with Crippen molar-refractivity contribution >= 4 is 11.6 Å². The van der Waals surface area contributed by atoms with Gasteiger partial charge >= 0.3 is 0 Å². The Morgan fingerprint density at radius 1 is 0.929 bits per heavy atom. The van der Waals surface area contributed by atoms with Crippen molar-refractivity contribution in [3.05, 3.63) is 90.0 Å². The maximum Gasteiger partial charge on any atom is 0.227 e. The van der Waals surface area contributed by atoms with Crippen LogP contribution in [0.25, 0.3) is 11.1 Å². The minimum Gasteiger partial charge on any atom is -0.308 e. The molecule has 0 atom stereocenters. The molecular weight excluding hydrogens is 344 g/mol. The molecule has 1 amide bonds. The Labute approximate surface area is 166 Å². The Balaban J connectivity index is 1.83. The topological polar surface area (TPSA) is 44.1 Å². The van der Waals surface area contributed by atoms with E-state index in [1.54, 1.807) is 0 Å². The van der Waals surface area contributed by atoms with Gasteiger partial charge in [-0.25, -0.2) is 0 Å². The van der Waals surface area contributed by atoms with Gasteiger partial charge in [0.25, 0.3) is 0 Å². The van der Waals surface area contributed by atoms with Gasteiger partial charge in [-0.15, -0.1) is 0 Å². The van der Waals surface area contributed by atoms with Crippen LogP contribution in [0, 0.1) is 11.3 Å². The molecule has 0 aliphatic heterocycles. The second-order valence-corrected chi connectivity index (χ2v) is 6.77. The summed E-state index contributed by atoms with van der Waals surface area (Å²) < 4.78 is 0. The third kappa shape index (κ3) is 4.66. The Kier molecular flexibility index (Phi) is 6.59.